The van der Waals surface area contributed by atoms with E-state index >= 15 is 0 Å². The predicted octanol–water partition coefficient (Wildman–Crippen LogP) is 2.82. The van der Waals surface area contributed by atoms with Crippen molar-refractivity contribution in [3.05, 3.63) is 23.0 Å². The van der Waals surface area contributed by atoms with E-state index in [4.69, 9.17) is 5.26 Å². The summed E-state index contributed by atoms with van der Waals surface area (Å²) >= 11 is 0. The summed E-state index contributed by atoms with van der Waals surface area (Å²) in [5.74, 6) is -0.514. The van der Waals surface area contributed by atoms with Crippen LogP contribution in [-0.2, 0) is 13.1 Å². The first kappa shape index (κ1) is 13.2. The minimum Gasteiger partial charge on any atom is -0.404 e. The number of ether oxygens (including phenoxy) is 1. The first-order chi connectivity index (χ1) is 7.89. The molecule has 0 saturated carbocycles. The van der Waals surface area contributed by atoms with Crippen molar-refractivity contribution in [2.45, 2.75) is 26.4 Å². The highest BCUT2D eigenvalue weighted by atomic mass is 19.4. The molecule has 0 aromatic carbocycles. The molecule has 0 unspecified atom stereocenters. The quantitative estimate of drug-likeness (QED) is 0.772. The Morgan fingerprint density at radius 3 is 2.59 bits per heavy atom. The minimum absolute atomic E-state index is 0.0430. The molecule has 0 aliphatic rings. The van der Waals surface area contributed by atoms with E-state index in [1.807, 2.05) is 0 Å². The van der Waals surface area contributed by atoms with Crippen LogP contribution in [0.3, 0.4) is 0 Å². The van der Waals surface area contributed by atoms with Crippen molar-refractivity contribution in [3.63, 3.8) is 0 Å². The zero-order valence-electron chi connectivity index (χ0n) is 8.81. The average molecular weight is 248 g/mol. The fourth-order valence-electron chi connectivity index (χ4n) is 1.33. The Morgan fingerprint density at radius 2 is 2.12 bits per heavy atom. The average Bonchev–Trinajstić information content (AvgIpc) is 2.23. The van der Waals surface area contributed by atoms with Crippen molar-refractivity contribution in [1.82, 2.24) is 4.98 Å². The number of hydrogen-bond donors (Lipinski definition) is 0. The van der Waals surface area contributed by atoms with Gasteiger partial charge in [0.15, 0.2) is 5.75 Å². The molecule has 3 nitrogen and oxygen atoms in total. The van der Waals surface area contributed by atoms with Crippen LogP contribution in [0, 0.1) is 18.3 Å². The maximum Gasteiger partial charge on any atom is 0.573 e. The maximum absolute atomic E-state index is 12.5. The molecular formula is C10H8F4N2O. The van der Waals surface area contributed by atoms with Gasteiger partial charge in [-0.25, -0.2) is 4.39 Å². The lowest BCUT2D eigenvalue weighted by atomic mass is 10.0. The third kappa shape index (κ3) is 3.31. The third-order valence-corrected chi connectivity index (χ3v) is 2.12. The Morgan fingerprint density at radius 1 is 1.47 bits per heavy atom. The second-order valence-corrected chi connectivity index (χ2v) is 3.19. The molecule has 0 atom stereocenters. The topological polar surface area (TPSA) is 45.9 Å². The van der Waals surface area contributed by atoms with Gasteiger partial charge in [-0.15, -0.1) is 13.2 Å². The van der Waals surface area contributed by atoms with Crippen molar-refractivity contribution in [3.8, 4) is 11.8 Å². The molecule has 7 heteroatoms. The maximum atomic E-state index is 12.5. The monoisotopic (exact) mass is 248 g/mol. The molecule has 0 bridgehead atoms. The van der Waals surface area contributed by atoms with Gasteiger partial charge in [0, 0.05) is 0 Å². The summed E-state index contributed by atoms with van der Waals surface area (Å²) in [5.41, 5.74) is 0.168. The molecule has 0 aliphatic carbocycles. The zero-order valence-corrected chi connectivity index (χ0v) is 8.81. The molecule has 1 heterocycles. The number of rotatable bonds is 3. The lowest BCUT2D eigenvalue weighted by Crippen LogP contribution is -2.18. The van der Waals surface area contributed by atoms with Gasteiger partial charge in [-0.05, 0) is 18.1 Å². The molecule has 1 aromatic rings. The number of hydrogen-bond acceptors (Lipinski definition) is 3. The zero-order chi connectivity index (χ0) is 13.1. The SMILES string of the molecule is Cc1c(OC(F)(F)F)cnc(CF)c1CC#N. The van der Waals surface area contributed by atoms with Crippen molar-refractivity contribution >= 4 is 0 Å². The number of nitrogens with zero attached hydrogens (tertiary/aromatic N) is 2. The first-order valence-electron chi connectivity index (χ1n) is 4.55. The van der Waals surface area contributed by atoms with E-state index in [1.54, 1.807) is 6.07 Å². The molecule has 1 rings (SSSR count). The lowest BCUT2D eigenvalue weighted by Gasteiger charge is -2.14. The van der Waals surface area contributed by atoms with Gasteiger partial charge >= 0.3 is 6.36 Å². The highest BCUT2D eigenvalue weighted by Gasteiger charge is 2.32. The second kappa shape index (κ2) is 4.99. The van der Waals surface area contributed by atoms with Crippen molar-refractivity contribution in [2.24, 2.45) is 0 Å². The molecule has 0 aliphatic heterocycles. The fourth-order valence-corrected chi connectivity index (χ4v) is 1.33. The van der Waals surface area contributed by atoms with Gasteiger partial charge in [0.05, 0.1) is 24.4 Å². The summed E-state index contributed by atoms with van der Waals surface area (Å²) < 4.78 is 52.3. The van der Waals surface area contributed by atoms with Crippen LogP contribution in [0.15, 0.2) is 6.20 Å². The Labute approximate surface area is 94.6 Å². The summed E-state index contributed by atoms with van der Waals surface area (Å²) in [6, 6.07) is 1.75. The normalized spacial score (nSPS) is 11.1. The van der Waals surface area contributed by atoms with Crippen molar-refractivity contribution in [1.29, 1.82) is 5.26 Å². The van der Waals surface area contributed by atoms with Crippen LogP contribution in [0.25, 0.3) is 0 Å². The third-order valence-electron chi connectivity index (χ3n) is 2.12. The fraction of sp³-hybridized carbons (Fsp3) is 0.400. The molecular weight excluding hydrogens is 240 g/mol. The number of halogens is 4. The highest BCUT2D eigenvalue weighted by Crippen LogP contribution is 2.29. The summed E-state index contributed by atoms with van der Waals surface area (Å²) in [6.45, 7) is 0.388. The van der Waals surface area contributed by atoms with E-state index in [0.717, 1.165) is 6.20 Å². The summed E-state index contributed by atoms with van der Waals surface area (Å²) in [6.07, 6.45) is -4.25. The summed E-state index contributed by atoms with van der Waals surface area (Å²) in [4.78, 5) is 3.51. The van der Waals surface area contributed by atoms with Crippen LogP contribution in [0.5, 0.6) is 5.75 Å². The number of aromatic nitrogens is 1. The number of pyridine rings is 1. The largest absolute Gasteiger partial charge is 0.573 e. The number of alkyl halides is 4. The molecule has 0 N–H and O–H groups in total. The van der Waals surface area contributed by atoms with E-state index in [-0.39, 0.29) is 23.2 Å². The predicted molar refractivity (Wildman–Crippen MR) is 49.8 cm³/mol. The van der Waals surface area contributed by atoms with Crippen LogP contribution in [0.4, 0.5) is 17.6 Å². The van der Waals surface area contributed by atoms with Crippen LogP contribution >= 0.6 is 0 Å². The molecule has 0 fully saturated rings. The van der Waals surface area contributed by atoms with Crippen molar-refractivity contribution < 1.29 is 22.3 Å². The standard InChI is InChI=1S/C10H8F4N2O/c1-6-7(2-3-15)8(4-11)16-5-9(6)17-10(12,13)14/h5H,2,4H2,1H3. The van der Waals surface area contributed by atoms with Crippen LogP contribution in [0.2, 0.25) is 0 Å². The van der Waals surface area contributed by atoms with Crippen LogP contribution < -0.4 is 4.74 Å². The van der Waals surface area contributed by atoms with Gasteiger partial charge in [-0.3, -0.25) is 4.98 Å². The summed E-state index contributed by atoms with van der Waals surface area (Å²) in [7, 11) is 0. The molecule has 0 saturated heterocycles. The van der Waals surface area contributed by atoms with Crippen LogP contribution in [-0.4, -0.2) is 11.3 Å². The lowest BCUT2D eigenvalue weighted by molar-refractivity contribution is -0.275. The van der Waals surface area contributed by atoms with Gasteiger partial charge in [-0.2, -0.15) is 5.26 Å². The van der Waals surface area contributed by atoms with E-state index in [2.05, 4.69) is 9.72 Å². The van der Waals surface area contributed by atoms with E-state index in [0.29, 0.717) is 0 Å². The molecule has 92 valence electrons. The van der Waals surface area contributed by atoms with Crippen LogP contribution in [0.1, 0.15) is 16.8 Å². The Balaban J connectivity index is 3.19. The first-order valence-corrected chi connectivity index (χ1v) is 4.55. The van der Waals surface area contributed by atoms with E-state index < -0.39 is 18.8 Å². The minimum atomic E-state index is -4.84. The number of nitriles is 1. The molecule has 1 aromatic heterocycles. The molecule has 0 radical (unpaired) electrons. The summed E-state index contributed by atoms with van der Waals surface area (Å²) in [5, 5.41) is 8.52. The smallest absolute Gasteiger partial charge is 0.404 e. The van der Waals surface area contributed by atoms with E-state index in [9.17, 15) is 17.6 Å². The Kier molecular flexibility index (Phi) is 3.89. The Hall–Kier alpha value is -1.84. The van der Waals surface area contributed by atoms with E-state index in [1.165, 1.54) is 6.92 Å². The molecule has 0 spiro atoms. The van der Waals surface area contributed by atoms with Crippen molar-refractivity contribution in [2.75, 3.05) is 0 Å². The van der Waals surface area contributed by atoms with Gasteiger partial charge in [0.2, 0.25) is 0 Å². The van der Waals surface area contributed by atoms with Gasteiger partial charge < -0.3 is 4.74 Å². The van der Waals surface area contributed by atoms with Gasteiger partial charge in [-0.1, -0.05) is 0 Å². The molecule has 17 heavy (non-hydrogen) atoms. The van der Waals surface area contributed by atoms with Gasteiger partial charge in [0.1, 0.15) is 6.67 Å². The van der Waals surface area contributed by atoms with Gasteiger partial charge in [0.25, 0.3) is 0 Å². The molecule has 0 amide bonds. The second-order valence-electron chi connectivity index (χ2n) is 3.19. The highest BCUT2D eigenvalue weighted by molar-refractivity contribution is 5.41. The Bertz CT molecular complexity index is 451.